The van der Waals surface area contributed by atoms with Crippen LogP contribution >= 0.6 is 0 Å². The molecule has 0 aliphatic carbocycles. The fourth-order valence-electron chi connectivity index (χ4n) is 5.68. The number of aliphatic hydroxyl groups is 2. The lowest BCUT2D eigenvalue weighted by atomic mass is 9.74. The molecule has 11 heteroatoms. The van der Waals surface area contributed by atoms with Crippen LogP contribution in [-0.2, 0) is 27.2 Å². The van der Waals surface area contributed by atoms with Gasteiger partial charge in [-0.1, -0.05) is 24.3 Å². The van der Waals surface area contributed by atoms with Crippen molar-refractivity contribution in [1.82, 2.24) is 9.80 Å². The normalized spacial score (nSPS) is 22.4. The van der Waals surface area contributed by atoms with Crippen molar-refractivity contribution in [2.45, 2.75) is 62.3 Å². The zero-order valence-electron chi connectivity index (χ0n) is 22.2. The summed E-state index contributed by atoms with van der Waals surface area (Å²) in [5.41, 5.74) is 11.8. The summed E-state index contributed by atoms with van der Waals surface area (Å²) in [4.78, 5) is 43.7. The molecule has 0 saturated carbocycles. The van der Waals surface area contributed by atoms with Gasteiger partial charge in [0.05, 0.1) is 18.1 Å². The molecule has 2 heterocycles. The lowest BCUT2D eigenvalue weighted by Crippen LogP contribution is -2.67. The van der Waals surface area contributed by atoms with Gasteiger partial charge in [-0.25, -0.2) is 8.78 Å². The number of hydrogen-bond acceptors (Lipinski definition) is 6. The molecule has 216 valence electrons. The Morgan fingerprint density at radius 2 is 1.40 bits per heavy atom. The third kappa shape index (κ3) is 6.65. The van der Waals surface area contributed by atoms with E-state index >= 15 is 0 Å². The molecule has 0 radical (unpaired) electrons. The molecule has 2 fully saturated rings. The maximum absolute atomic E-state index is 14.3. The van der Waals surface area contributed by atoms with E-state index in [1.54, 1.807) is 0 Å². The molecule has 2 aliphatic heterocycles. The van der Waals surface area contributed by atoms with E-state index in [-0.39, 0.29) is 45.3 Å². The SMILES string of the molecule is NC(=O)C1C[C@H](O)CCN1C(=O)[C@H](Cc1ccc(F)cc1)C(N)(Cc1ccc(F)cc1)C(=O)N1CCC(O)CC1. The number of likely N-dealkylation sites (tertiary alicyclic amines) is 2. The molecule has 4 rings (SSSR count). The predicted molar refractivity (Wildman–Crippen MR) is 142 cm³/mol. The van der Waals surface area contributed by atoms with Gasteiger partial charge in [0, 0.05) is 32.5 Å². The Hall–Kier alpha value is -3.41. The van der Waals surface area contributed by atoms with E-state index in [1.165, 1.54) is 58.3 Å². The molecular formula is C29H36F2N4O5. The van der Waals surface area contributed by atoms with Crippen LogP contribution in [0.3, 0.4) is 0 Å². The highest BCUT2D eigenvalue weighted by Gasteiger charge is 2.51. The van der Waals surface area contributed by atoms with Crippen molar-refractivity contribution in [2.24, 2.45) is 17.4 Å². The first kappa shape index (κ1) is 29.6. The Morgan fingerprint density at radius 3 is 1.95 bits per heavy atom. The Kier molecular flexibility index (Phi) is 9.17. The Balaban J connectivity index is 1.79. The lowest BCUT2D eigenvalue weighted by Gasteiger charge is -2.44. The first-order valence-corrected chi connectivity index (χ1v) is 13.5. The number of hydrogen-bond donors (Lipinski definition) is 4. The first-order chi connectivity index (χ1) is 19.0. The topological polar surface area (TPSA) is 150 Å². The zero-order chi connectivity index (χ0) is 29.0. The minimum absolute atomic E-state index is 0.0320. The second-order valence-corrected chi connectivity index (χ2v) is 10.9. The Morgan fingerprint density at radius 1 is 0.875 bits per heavy atom. The van der Waals surface area contributed by atoms with E-state index in [4.69, 9.17) is 11.5 Å². The summed E-state index contributed by atoms with van der Waals surface area (Å²) in [6, 6.07) is 9.86. The van der Waals surface area contributed by atoms with Gasteiger partial charge in [-0.2, -0.15) is 0 Å². The zero-order valence-corrected chi connectivity index (χ0v) is 22.2. The van der Waals surface area contributed by atoms with Crippen molar-refractivity contribution >= 4 is 17.7 Å². The van der Waals surface area contributed by atoms with Crippen molar-refractivity contribution in [2.75, 3.05) is 19.6 Å². The van der Waals surface area contributed by atoms with E-state index in [0.29, 0.717) is 24.0 Å². The quantitative estimate of drug-likeness (QED) is 0.378. The molecule has 0 bridgehead atoms. The number of piperidine rings is 2. The van der Waals surface area contributed by atoms with E-state index < -0.39 is 59.1 Å². The number of carbonyl (C=O) groups excluding carboxylic acids is 3. The standard InChI is InChI=1S/C29H36F2N4O5/c30-20-5-1-18(2-6-20)15-24(27(39)35-14-11-23(37)16-25(35)26(32)38)29(33,17-19-3-7-21(31)8-4-19)28(40)34-12-9-22(36)10-13-34/h1-8,22-25,36-37H,9-17,33H2,(H2,32,38)/t23-,24+,25?,29?/m1/s1. The number of aliphatic hydroxyl groups excluding tert-OH is 2. The highest BCUT2D eigenvalue weighted by atomic mass is 19.1. The molecule has 9 nitrogen and oxygen atoms in total. The number of rotatable bonds is 8. The van der Waals surface area contributed by atoms with Gasteiger partial charge in [0.25, 0.3) is 0 Å². The number of halogens is 2. The monoisotopic (exact) mass is 558 g/mol. The van der Waals surface area contributed by atoms with Crippen LogP contribution in [0.15, 0.2) is 48.5 Å². The van der Waals surface area contributed by atoms with Gasteiger partial charge in [-0.05, 0) is 61.1 Å². The number of primary amides is 1. The van der Waals surface area contributed by atoms with Gasteiger partial charge in [0.2, 0.25) is 17.7 Å². The van der Waals surface area contributed by atoms with Gasteiger partial charge in [-0.15, -0.1) is 0 Å². The number of carbonyl (C=O) groups is 3. The van der Waals surface area contributed by atoms with Crippen LogP contribution in [0.25, 0.3) is 0 Å². The van der Waals surface area contributed by atoms with Crippen LogP contribution in [0, 0.1) is 17.6 Å². The van der Waals surface area contributed by atoms with E-state index in [9.17, 15) is 33.4 Å². The smallest absolute Gasteiger partial charge is 0.243 e. The predicted octanol–water partition coefficient (Wildman–Crippen LogP) is 0.884. The number of benzene rings is 2. The van der Waals surface area contributed by atoms with Gasteiger partial charge >= 0.3 is 0 Å². The summed E-state index contributed by atoms with van der Waals surface area (Å²) in [5, 5.41) is 20.2. The summed E-state index contributed by atoms with van der Waals surface area (Å²) >= 11 is 0. The van der Waals surface area contributed by atoms with Crippen LogP contribution in [-0.4, -0.2) is 81.2 Å². The summed E-state index contributed by atoms with van der Waals surface area (Å²) in [6.45, 7) is 0.504. The van der Waals surface area contributed by atoms with Gasteiger partial charge < -0.3 is 31.5 Å². The molecule has 2 aliphatic rings. The summed E-state index contributed by atoms with van der Waals surface area (Å²) in [6.07, 6.45) is -0.680. The fraction of sp³-hybridized carbons (Fsp3) is 0.483. The lowest BCUT2D eigenvalue weighted by molar-refractivity contribution is -0.154. The van der Waals surface area contributed by atoms with Crippen molar-refractivity contribution in [3.63, 3.8) is 0 Å². The molecule has 2 saturated heterocycles. The molecule has 2 aromatic carbocycles. The largest absolute Gasteiger partial charge is 0.393 e. The number of nitrogens with two attached hydrogens (primary N) is 2. The second kappa shape index (κ2) is 12.4. The Labute approximate surface area is 231 Å². The van der Waals surface area contributed by atoms with Crippen LogP contribution in [0.1, 0.15) is 36.8 Å². The minimum Gasteiger partial charge on any atom is -0.393 e. The average Bonchev–Trinajstić information content (AvgIpc) is 2.93. The third-order valence-corrected chi connectivity index (χ3v) is 8.02. The first-order valence-electron chi connectivity index (χ1n) is 13.5. The molecule has 2 aromatic rings. The van der Waals surface area contributed by atoms with E-state index in [0.717, 1.165) is 0 Å². The van der Waals surface area contributed by atoms with Crippen molar-refractivity contribution in [3.8, 4) is 0 Å². The van der Waals surface area contributed by atoms with E-state index in [1.807, 2.05) is 0 Å². The van der Waals surface area contributed by atoms with Gasteiger partial charge in [0.15, 0.2) is 0 Å². The molecule has 0 spiro atoms. The van der Waals surface area contributed by atoms with Crippen LogP contribution in [0.4, 0.5) is 8.78 Å². The Bertz CT molecular complexity index is 1200. The minimum atomic E-state index is -1.86. The maximum atomic E-state index is 14.3. The number of nitrogens with zero attached hydrogens (tertiary/aromatic N) is 2. The van der Waals surface area contributed by atoms with Crippen molar-refractivity contribution < 1.29 is 33.4 Å². The van der Waals surface area contributed by atoms with Crippen LogP contribution in [0.5, 0.6) is 0 Å². The molecular weight excluding hydrogens is 522 g/mol. The molecule has 0 aromatic heterocycles. The van der Waals surface area contributed by atoms with Gasteiger partial charge in [0.1, 0.15) is 23.2 Å². The maximum Gasteiger partial charge on any atom is 0.243 e. The van der Waals surface area contributed by atoms with Gasteiger partial charge in [-0.3, -0.25) is 14.4 Å². The second-order valence-electron chi connectivity index (χ2n) is 10.9. The van der Waals surface area contributed by atoms with Crippen LogP contribution in [0.2, 0.25) is 0 Å². The molecule has 6 N–H and O–H groups in total. The number of amides is 3. The summed E-state index contributed by atoms with van der Waals surface area (Å²) < 4.78 is 27.4. The molecule has 2 unspecified atom stereocenters. The molecule has 40 heavy (non-hydrogen) atoms. The van der Waals surface area contributed by atoms with Crippen LogP contribution < -0.4 is 11.5 Å². The average molecular weight is 559 g/mol. The van der Waals surface area contributed by atoms with Crippen molar-refractivity contribution in [1.29, 1.82) is 0 Å². The summed E-state index contributed by atoms with van der Waals surface area (Å²) in [7, 11) is 0. The fourth-order valence-corrected chi connectivity index (χ4v) is 5.68. The molecule has 3 amide bonds. The molecule has 4 atom stereocenters. The summed E-state index contributed by atoms with van der Waals surface area (Å²) in [5.74, 6) is -4.06. The highest BCUT2D eigenvalue weighted by Crippen LogP contribution is 2.32. The van der Waals surface area contributed by atoms with E-state index in [2.05, 4.69) is 0 Å². The highest BCUT2D eigenvalue weighted by molar-refractivity contribution is 5.96. The third-order valence-electron chi connectivity index (χ3n) is 8.02. The van der Waals surface area contributed by atoms with Crippen molar-refractivity contribution in [3.05, 3.63) is 71.3 Å².